The largest absolute Gasteiger partial charge is 0.306 e. The Labute approximate surface area is 164 Å². The summed E-state index contributed by atoms with van der Waals surface area (Å²) in [7, 11) is 0. The van der Waals surface area contributed by atoms with Gasteiger partial charge in [0.2, 0.25) is 0 Å². The Kier molecular flexibility index (Phi) is 4.75. The Morgan fingerprint density at radius 2 is 1.96 bits per heavy atom. The summed E-state index contributed by atoms with van der Waals surface area (Å²) < 4.78 is 2.89. The van der Waals surface area contributed by atoms with E-state index in [2.05, 4.69) is 15.5 Å². The van der Waals surface area contributed by atoms with Gasteiger partial charge in [-0.1, -0.05) is 41.9 Å². The molecular weight excluding hydrogens is 380 g/mol. The highest BCUT2D eigenvalue weighted by atomic mass is 35.5. The van der Waals surface area contributed by atoms with Crippen LogP contribution in [0.15, 0.2) is 72.4 Å². The first-order valence-corrected chi connectivity index (χ1v) is 9.43. The molecule has 0 bridgehead atoms. The van der Waals surface area contributed by atoms with Crippen LogP contribution in [0.1, 0.15) is 22.2 Å². The van der Waals surface area contributed by atoms with Crippen LogP contribution in [-0.4, -0.2) is 21.2 Å². The maximum absolute atomic E-state index is 12.5. The Morgan fingerprint density at radius 1 is 1.19 bits per heavy atom. The molecule has 0 aliphatic carbocycles. The van der Waals surface area contributed by atoms with Gasteiger partial charge in [0, 0.05) is 28.2 Å². The van der Waals surface area contributed by atoms with E-state index in [1.807, 2.05) is 66.2 Å². The summed E-state index contributed by atoms with van der Waals surface area (Å²) in [6, 6.07) is 15.5. The smallest absolute Gasteiger partial charge is 0.283 e. The zero-order valence-corrected chi connectivity index (χ0v) is 16.0. The number of hydrogen-bond donors (Lipinski definition) is 1. The molecule has 0 aliphatic rings. The molecule has 0 unspecified atom stereocenters. The molecule has 0 spiro atoms. The Hall–Kier alpha value is -2.96. The van der Waals surface area contributed by atoms with Crippen molar-refractivity contribution in [3.63, 3.8) is 0 Å². The summed E-state index contributed by atoms with van der Waals surface area (Å²) in [5.74, 6) is -0.310. The van der Waals surface area contributed by atoms with Crippen LogP contribution in [0.5, 0.6) is 0 Å². The van der Waals surface area contributed by atoms with Crippen molar-refractivity contribution < 1.29 is 4.79 Å². The van der Waals surface area contributed by atoms with Crippen LogP contribution in [0.4, 0.5) is 0 Å². The number of carbonyl (C=O) groups is 1. The Bertz CT molecular complexity index is 1130. The fourth-order valence-electron chi connectivity index (χ4n) is 2.70. The average molecular weight is 395 g/mol. The summed E-state index contributed by atoms with van der Waals surface area (Å²) in [6.07, 6.45) is 5.35. The number of benzene rings is 2. The van der Waals surface area contributed by atoms with E-state index < -0.39 is 0 Å². The van der Waals surface area contributed by atoms with Gasteiger partial charge < -0.3 is 4.57 Å². The first-order valence-electron chi connectivity index (χ1n) is 8.24. The lowest BCUT2D eigenvalue weighted by atomic mass is 10.1. The Balaban J connectivity index is 1.51. The first-order chi connectivity index (χ1) is 13.1. The lowest BCUT2D eigenvalue weighted by Gasteiger charge is -2.05. The van der Waals surface area contributed by atoms with Gasteiger partial charge in [-0.2, -0.15) is 5.10 Å². The fourth-order valence-corrected chi connectivity index (χ4v) is 4.10. The molecule has 4 aromatic rings. The van der Waals surface area contributed by atoms with E-state index in [-0.39, 0.29) is 5.91 Å². The van der Waals surface area contributed by atoms with Gasteiger partial charge in [0.25, 0.3) is 5.91 Å². The predicted molar refractivity (Wildman–Crippen MR) is 110 cm³/mol. The number of thiophene rings is 1. The molecule has 0 aliphatic heterocycles. The monoisotopic (exact) mass is 394 g/mol. The molecule has 0 saturated carbocycles. The summed E-state index contributed by atoms with van der Waals surface area (Å²) >= 11 is 7.70. The fraction of sp³-hybridized carbons (Fsp3) is 0.0500. The molecule has 5 nitrogen and oxygen atoms in total. The number of fused-ring (bicyclic) bond motifs is 1. The van der Waals surface area contributed by atoms with Crippen LogP contribution in [0, 0.1) is 0 Å². The third kappa shape index (κ3) is 3.49. The van der Waals surface area contributed by atoms with E-state index in [0.717, 1.165) is 21.3 Å². The quantitative estimate of drug-likeness (QED) is 0.395. The highest BCUT2D eigenvalue weighted by Gasteiger charge is 2.16. The summed E-state index contributed by atoms with van der Waals surface area (Å²) in [4.78, 5) is 17.0. The number of nitrogens with zero attached hydrogens (tertiary/aromatic N) is 3. The molecule has 2 aromatic carbocycles. The predicted octanol–water partition coefficient (Wildman–Crippen LogP) is 4.89. The van der Waals surface area contributed by atoms with E-state index in [0.29, 0.717) is 15.6 Å². The second-order valence-electron chi connectivity index (χ2n) is 5.90. The second-order valence-corrected chi connectivity index (χ2v) is 7.33. The van der Waals surface area contributed by atoms with E-state index >= 15 is 0 Å². The standard InChI is InChI=1S/C20H15ClN4OS/c1-13(14-6-8-15(9-7-14)25-11-10-22-12-25)23-24-20(26)19-18(21)16-4-2-3-5-17(16)27-19/h2-12H,1H3,(H,24,26)/b23-13+. The molecule has 134 valence electrons. The number of amides is 1. The van der Waals surface area contributed by atoms with Crippen molar-refractivity contribution in [1.29, 1.82) is 0 Å². The normalized spacial score (nSPS) is 11.7. The van der Waals surface area contributed by atoms with Gasteiger partial charge in [0.05, 0.1) is 17.1 Å². The van der Waals surface area contributed by atoms with Crippen LogP contribution in [0.2, 0.25) is 5.02 Å². The van der Waals surface area contributed by atoms with E-state index in [1.54, 1.807) is 12.5 Å². The molecule has 0 saturated heterocycles. The number of imidazole rings is 1. The molecule has 1 N–H and O–H groups in total. The summed E-state index contributed by atoms with van der Waals surface area (Å²) in [5, 5.41) is 5.56. The zero-order chi connectivity index (χ0) is 18.8. The molecule has 7 heteroatoms. The van der Waals surface area contributed by atoms with Gasteiger partial charge in [-0.15, -0.1) is 11.3 Å². The Morgan fingerprint density at radius 3 is 2.67 bits per heavy atom. The molecule has 1 amide bonds. The summed E-state index contributed by atoms with van der Waals surface area (Å²) in [6.45, 7) is 1.85. The number of halogens is 1. The van der Waals surface area contributed by atoms with Gasteiger partial charge in [-0.3, -0.25) is 4.79 Å². The van der Waals surface area contributed by atoms with Crippen LogP contribution in [0.3, 0.4) is 0 Å². The van der Waals surface area contributed by atoms with E-state index in [9.17, 15) is 4.79 Å². The van der Waals surface area contributed by atoms with Gasteiger partial charge >= 0.3 is 0 Å². The molecule has 27 heavy (non-hydrogen) atoms. The summed E-state index contributed by atoms with van der Waals surface area (Å²) in [5.41, 5.74) is 5.23. The highest BCUT2D eigenvalue weighted by molar-refractivity contribution is 7.21. The van der Waals surface area contributed by atoms with Gasteiger partial charge in [-0.05, 0) is 30.7 Å². The van der Waals surface area contributed by atoms with Crippen LogP contribution >= 0.6 is 22.9 Å². The van der Waals surface area contributed by atoms with Crippen molar-refractivity contribution in [2.45, 2.75) is 6.92 Å². The van der Waals surface area contributed by atoms with Crippen molar-refractivity contribution in [2.24, 2.45) is 5.10 Å². The minimum Gasteiger partial charge on any atom is -0.306 e. The molecule has 2 aromatic heterocycles. The highest BCUT2D eigenvalue weighted by Crippen LogP contribution is 2.34. The topological polar surface area (TPSA) is 59.3 Å². The van der Waals surface area contributed by atoms with Crippen LogP contribution in [-0.2, 0) is 0 Å². The molecule has 0 radical (unpaired) electrons. The van der Waals surface area contributed by atoms with Gasteiger partial charge in [0.15, 0.2) is 0 Å². The van der Waals surface area contributed by atoms with E-state index in [1.165, 1.54) is 11.3 Å². The maximum Gasteiger partial charge on any atom is 0.283 e. The van der Waals surface area contributed by atoms with Crippen molar-refractivity contribution in [3.05, 3.63) is 82.7 Å². The number of hydrogen-bond acceptors (Lipinski definition) is 4. The molecule has 0 fully saturated rings. The van der Waals surface area contributed by atoms with Crippen molar-refractivity contribution in [2.75, 3.05) is 0 Å². The van der Waals surface area contributed by atoms with Crippen molar-refractivity contribution >= 4 is 44.6 Å². The number of carbonyl (C=O) groups excluding carboxylic acids is 1. The minimum absolute atomic E-state index is 0.310. The van der Waals surface area contributed by atoms with Crippen molar-refractivity contribution in [1.82, 2.24) is 15.0 Å². The maximum atomic E-state index is 12.5. The van der Waals surface area contributed by atoms with E-state index in [4.69, 9.17) is 11.6 Å². The molecule has 2 heterocycles. The first kappa shape index (κ1) is 17.5. The minimum atomic E-state index is -0.310. The lowest BCUT2D eigenvalue weighted by molar-refractivity contribution is 0.0959. The van der Waals surface area contributed by atoms with Gasteiger partial charge in [-0.25, -0.2) is 10.4 Å². The number of hydrazone groups is 1. The SMILES string of the molecule is C/C(=N\NC(=O)c1sc2ccccc2c1Cl)c1ccc(-n2ccnc2)cc1. The number of aromatic nitrogens is 2. The number of rotatable bonds is 4. The van der Waals surface area contributed by atoms with Gasteiger partial charge in [0.1, 0.15) is 4.88 Å². The molecular formula is C20H15ClN4OS. The molecule has 0 atom stereocenters. The average Bonchev–Trinajstić information content (AvgIpc) is 3.35. The van der Waals surface area contributed by atoms with Crippen LogP contribution < -0.4 is 5.43 Å². The lowest BCUT2D eigenvalue weighted by Crippen LogP contribution is -2.18. The second kappa shape index (κ2) is 7.34. The van der Waals surface area contributed by atoms with Crippen molar-refractivity contribution in [3.8, 4) is 5.69 Å². The van der Waals surface area contributed by atoms with Crippen LogP contribution in [0.25, 0.3) is 15.8 Å². The molecule has 4 rings (SSSR count). The number of nitrogens with one attached hydrogen (secondary N) is 1. The third-order valence-corrected chi connectivity index (χ3v) is 5.83. The zero-order valence-electron chi connectivity index (χ0n) is 14.4. The third-order valence-electron chi connectivity index (χ3n) is 4.15.